The van der Waals surface area contributed by atoms with Crippen molar-refractivity contribution >= 4 is 13.8 Å². The summed E-state index contributed by atoms with van der Waals surface area (Å²) in [6.07, 6.45) is 52.3. The van der Waals surface area contributed by atoms with E-state index >= 15 is 0 Å². The van der Waals surface area contributed by atoms with Crippen LogP contribution in [0.25, 0.3) is 0 Å². The first kappa shape index (κ1) is 56.2. The standard InChI is InChI=1S/C49H90NO7P/c1-6-8-10-12-14-16-18-20-22-23-24-25-26-27-28-30-32-34-36-38-40-42-49(51)57-48(47-56-58(52,53)55-45-43-50(3,4)5)46-54-44-41-39-37-35-33-31-29-21-19-17-15-13-11-9-7-2/h8,10,14,16,19-22,24-25,48H,6-7,9,11-13,15,17-18,23,26-47H2,1-5H3/b10-8-,16-14-,21-19-,22-20-,25-24-. The Balaban J connectivity index is 4.22. The number of phosphoric ester groups is 1. The number of carbonyl (C=O) groups excluding carboxylic acids is 1. The van der Waals surface area contributed by atoms with Gasteiger partial charge in [-0.05, 0) is 77.0 Å². The second-order valence-corrected chi connectivity index (χ2v) is 18.1. The fraction of sp³-hybridized carbons (Fsp3) is 0.776. The van der Waals surface area contributed by atoms with E-state index < -0.39 is 13.9 Å². The Labute approximate surface area is 358 Å². The summed E-state index contributed by atoms with van der Waals surface area (Å²) in [6, 6.07) is 0. The van der Waals surface area contributed by atoms with Gasteiger partial charge < -0.3 is 27.9 Å². The lowest BCUT2D eigenvalue weighted by atomic mass is 10.1. The van der Waals surface area contributed by atoms with E-state index in [-0.39, 0.29) is 25.8 Å². The van der Waals surface area contributed by atoms with Crippen LogP contribution in [0.5, 0.6) is 0 Å². The van der Waals surface area contributed by atoms with Gasteiger partial charge in [0.25, 0.3) is 7.82 Å². The molecule has 0 aromatic heterocycles. The van der Waals surface area contributed by atoms with Crippen LogP contribution in [0.15, 0.2) is 60.8 Å². The van der Waals surface area contributed by atoms with E-state index in [9.17, 15) is 14.3 Å². The number of nitrogens with zero attached hydrogens (tertiary/aromatic N) is 1. The molecule has 0 radical (unpaired) electrons. The third-order valence-electron chi connectivity index (χ3n) is 9.80. The van der Waals surface area contributed by atoms with Gasteiger partial charge in [-0.1, -0.05) is 164 Å². The summed E-state index contributed by atoms with van der Waals surface area (Å²) in [7, 11) is 1.34. The maximum Gasteiger partial charge on any atom is 0.306 e. The largest absolute Gasteiger partial charge is 0.756 e. The van der Waals surface area contributed by atoms with Crippen LogP contribution >= 0.6 is 7.82 Å². The summed E-state index contributed by atoms with van der Waals surface area (Å²) in [5.74, 6) is -0.346. The first-order chi connectivity index (χ1) is 28.1. The van der Waals surface area contributed by atoms with Gasteiger partial charge in [0.05, 0.1) is 34.4 Å². The highest BCUT2D eigenvalue weighted by Crippen LogP contribution is 2.38. The predicted octanol–water partition coefficient (Wildman–Crippen LogP) is 13.5. The molecular formula is C49H90NO7P. The maximum atomic E-state index is 12.7. The van der Waals surface area contributed by atoms with Gasteiger partial charge in [0.15, 0.2) is 0 Å². The van der Waals surface area contributed by atoms with Gasteiger partial charge in [-0.25, -0.2) is 0 Å². The molecule has 8 nitrogen and oxygen atoms in total. The van der Waals surface area contributed by atoms with Crippen LogP contribution in [0.2, 0.25) is 0 Å². The average Bonchev–Trinajstić information content (AvgIpc) is 3.18. The van der Waals surface area contributed by atoms with Gasteiger partial charge in [0.2, 0.25) is 0 Å². The molecule has 0 saturated carbocycles. The second-order valence-electron chi connectivity index (χ2n) is 16.7. The lowest BCUT2D eigenvalue weighted by molar-refractivity contribution is -0.870. The molecule has 0 rings (SSSR count). The van der Waals surface area contributed by atoms with Crippen LogP contribution in [0.4, 0.5) is 0 Å². The van der Waals surface area contributed by atoms with Crippen LogP contribution in [-0.2, 0) is 27.9 Å². The Morgan fingerprint density at radius 1 is 0.552 bits per heavy atom. The Morgan fingerprint density at radius 3 is 1.52 bits per heavy atom. The minimum Gasteiger partial charge on any atom is -0.756 e. The Morgan fingerprint density at radius 2 is 1.00 bits per heavy atom. The SMILES string of the molecule is CC/C=C\C/C=C\C/C=C\C/C=C\CCCCCCCCCCC(=O)OC(COCCCCCCCC/C=C\CCCCCCC)COP(=O)([O-])OCC[N+](C)(C)C. The van der Waals surface area contributed by atoms with Crippen LogP contribution in [0.3, 0.4) is 0 Å². The van der Waals surface area contributed by atoms with Crippen LogP contribution in [-0.4, -0.2) is 70.7 Å². The zero-order chi connectivity index (χ0) is 42.7. The quantitative estimate of drug-likeness (QED) is 0.0198. The van der Waals surface area contributed by atoms with Crippen molar-refractivity contribution in [1.82, 2.24) is 0 Å². The topological polar surface area (TPSA) is 94.1 Å². The normalized spacial score (nSPS) is 14.2. The van der Waals surface area contributed by atoms with Crippen LogP contribution in [0.1, 0.15) is 187 Å². The van der Waals surface area contributed by atoms with Crippen molar-refractivity contribution in [2.24, 2.45) is 0 Å². The molecule has 0 bridgehead atoms. The van der Waals surface area contributed by atoms with Crippen molar-refractivity contribution in [3.63, 3.8) is 0 Å². The number of allylic oxidation sites excluding steroid dienone is 10. The number of likely N-dealkylation sites (N-methyl/N-ethyl adjacent to an activating group) is 1. The molecule has 0 aliphatic heterocycles. The molecule has 0 aromatic carbocycles. The van der Waals surface area contributed by atoms with E-state index in [2.05, 4.69) is 74.6 Å². The molecule has 0 heterocycles. The molecule has 0 amide bonds. The van der Waals surface area contributed by atoms with E-state index in [0.29, 0.717) is 24.1 Å². The lowest BCUT2D eigenvalue weighted by Gasteiger charge is -2.28. The van der Waals surface area contributed by atoms with Crippen LogP contribution < -0.4 is 4.89 Å². The monoisotopic (exact) mass is 836 g/mol. The van der Waals surface area contributed by atoms with E-state index in [0.717, 1.165) is 64.2 Å². The van der Waals surface area contributed by atoms with Gasteiger partial charge in [0.1, 0.15) is 19.3 Å². The molecular weight excluding hydrogens is 746 g/mol. The summed E-state index contributed by atoms with van der Waals surface area (Å²) < 4.78 is 34.6. The fourth-order valence-electron chi connectivity index (χ4n) is 6.18. The molecule has 2 unspecified atom stereocenters. The number of hydrogen-bond acceptors (Lipinski definition) is 7. The summed E-state index contributed by atoms with van der Waals surface area (Å²) in [4.78, 5) is 25.1. The minimum absolute atomic E-state index is 0.0210. The average molecular weight is 836 g/mol. The number of esters is 1. The van der Waals surface area contributed by atoms with Gasteiger partial charge >= 0.3 is 5.97 Å². The molecule has 0 fully saturated rings. The van der Waals surface area contributed by atoms with Gasteiger partial charge in [0, 0.05) is 13.0 Å². The van der Waals surface area contributed by atoms with Gasteiger partial charge in [-0.15, -0.1) is 0 Å². The summed E-state index contributed by atoms with van der Waals surface area (Å²) >= 11 is 0. The highest BCUT2D eigenvalue weighted by molar-refractivity contribution is 7.45. The molecule has 0 saturated heterocycles. The molecule has 0 aliphatic rings. The molecule has 9 heteroatoms. The van der Waals surface area contributed by atoms with Crippen molar-refractivity contribution in [3.8, 4) is 0 Å². The summed E-state index contributed by atoms with van der Waals surface area (Å²) in [5.41, 5.74) is 0. The van der Waals surface area contributed by atoms with Gasteiger partial charge in [-0.3, -0.25) is 9.36 Å². The number of quaternary nitrogens is 1. The number of carbonyl (C=O) groups is 1. The molecule has 2 atom stereocenters. The number of ether oxygens (including phenoxy) is 2. The van der Waals surface area contributed by atoms with Crippen LogP contribution in [0, 0.1) is 0 Å². The number of rotatable bonds is 43. The summed E-state index contributed by atoms with van der Waals surface area (Å²) in [6.45, 7) is 5.27. The molecule has 338 valence electrons. The Bertz CT molecular complexity index is 1110. The fourth-order valence-corrected chi connectivity index (χ4v) is 6.91. The first-order valence-electron chi connectivity index (χ1n) is 23.5. The number of hydrogen-bond donors (Lipinski definition) is 0. The van der Waals surface area contributed by atoms with E-state index in [4.69, 9.17) is 18.5 Å². The third kappa shape index (κ3) is 45.3. The van der Waals surface area contributed by atoms with Gasteiger partial charge in [-0.2, -0.15) is 0 Å². The summed E-state index contributed by atoms with van der Waals surface area (Å²) in [5, 5.41) is 0. The van der Waals surface area contributed by atoms with E-state index in [1.54, 1.807) is 0 Å². The molecule has 0 aromatic rings. The third-order valence-corrected chi connectivity index (χ3v) is 10.8. The molecule has 0 spiro atoms. The van der Waals surface area contributed by atoms with Crippen molar-refractivity contribution in [3.05, 3.63) is 60.8 Å². The molecule has 58 heavy (non-hydrogen) atoms. The zero-order valence-electron chi connectivity index (χ0n) is 38.2. The Hall–Kier alpha value is -1.80. The van der Waals surface area contributed by atoms with Crippen molar-refractivity contribution < 1.29 is 37.3 Å². The molecule has 0 N–H and O–H groups in total. The smallest absolute Gasteiger partial charge is 0.306 e. The van der Waals surface area contributed by atoms with Crippen molar-refractivity contribution in [2.75, 3.05) is 54.1 Å². The highest BCUT2D eigenvalue weighted by Gasteiger charge is 2.20. The molecule has 0 aliphatic carbocycles. The predicted molar refractivity (Wildman–Crippen MR) is 245 cm³/mol. The minimum atomic E-state index is -4.53. The number of phosphoric acid groups is 1. The van der Waals surface area contributed by atoms with E-state index in [1.165, 1.54) is 103 Å². The van der Waals surface area contributed by atoms with Crippen molar-refractivity contribution in [2.45, 2.75) is 193 Å². The highest BCUT2D eigenvalue weighted by atomic mass is 31.2. The lowest BCUT2D eigenvalue weighted by Crippen LogP contribution is -2.37. The maximum absolute atomic E-state index is 12.7. The Kier molecular flexibility index (Phi) is 40.6. The van der Waals surface area contributed by atoms with E-state index in [1.807, 2.05) is 21.1 Å². The second kappa shape index (κ2) is 41.9. The van der Waals surface area contributed by atoms with Crippen molar-refractivity contribution in [1.29, 1.82) is 0 Å². The zero-order valence-corrected chi connectivity index (χ0v) is 39.1. The number of unbranched alkanes of at least 4 members (excludes halogenated alkanes) is 19. The first-order valence-corrected chi connectivity index (χ1v) is 25.0.